The first kappa shape index (κ1) is 17.8. The van der Waals surface area contributed by atoms with E-state index >= 15 is 0 Å². The molecular weight excluding hydrogens is 286 g/mol. The molecular formula is C17H26ClNO2. The minimum absolute atomic E-state index is 0.121. The average Bonchev–Trinajstić information content (AvgIpc) is 2.24. The van der Waals surface area contributed by atoms with E-state index in [-0.39, 0.29) is 16.9 Å². The number of hydrogen-bond donors (Lipinski definition) is 1. The Morgan fingerprint density at radius 1 is 1.29 bits per heavy atom. The molecule has 1 amide bonds. The SMILES string of the molecule is CC(Oc1cccc(Cl)c1)C(=O)NC(C)(C)CC(C)(C)C. The Morgan fingerprint density at radius 3 is 2.43 bits per heavy atom. The van der Waals surface area contributed by atoms with E-state index in [2.05, 4.69) is 26.1 Å². The van der Waals surface area contributed by atoms with Gasteiger partial charge in [-0.1, -0.05) is 38.4 Å². The highest BCUT2D eigenvalue weighted by Gasteiger charge is 2.29. The van der Waals surface area contributed by atoms with Gasteiger partial charge < -0.3 is 10.1 Å². The largest absolute Gasteiger partial charge is 0.481 e. The Kier molecular flexibility index (Phi) is 5.68. The summed E-state index contributed by atoms with van der Waals surface area (Å²) in [6, 6.07) is 7.05. The normalized spacial score (nSPS) is 13.7. The van der Waals surface area contributed by atoms with Crippen LogP contribution in [0.1, 0.15) is 48.0 Å². The number of benzene rings is 1. The van der Waals surface area contributed by atoms with Gasteiger partial charge in [-0.15, -0.1) is 0 Å². The molecule has 0 bridgehead atoms. The number of hydrogen-bond acceptors (Lipinski definition) is 2. The van der Waals surface area contributed by atoms with Crippen LogP contribution >= 0.6 is 11.6 Å². The van der Waals surface area contributed by atoms with Crippen molar-refractivity contribution in [3.63, 3.8) is 0 Å². The molecule has 0 radical (unpaired) electrons. The zero-order valence-electron chi connectivity index (χ0n) is 13.8. The molecule has 21 heavy (non-hydrogen) atoms. The van der Waals surface area contributed by atoms with Gasteiger partial charge in [0.15, 0.2) is 6.10 Å². The first-order valence-electron chi connectivity index (χ1n) is 7.23. The Labute approximate surface area is 133 Å². The Hall–Kier alpha value is -1.22. The summed E-state index contributed by atoms with van der Waals surface area (Å²) in [4.78, 5) is 12.3. The van der Waals surface area contributed by atoms with Crippen molar-refractivity contribution < 1.29 is 9.53 Å². The lowest BCUT2D eigenvalue weighted by molar-refractivity contribution is -0.129. The zero-order chi connectivity index (χ0) is 16.3. The number of amides is 1. The second-order valence-corrected chi connectivity index (χ2v) is 7.76. The molecule has 1 aromatic carbocycles. The summed E-state index contributed by atoms with van der Waals surface area (Å²) in [5, 5.41) is 3.64. The monoisotopic (exact) mass is 311 g/mol. The van der Waals surface area contributed by atoms with Crippen molar-refractivity contribution in [2.24, 2.45) is 5.41 Å². The van der Waals surface area contributed by atoms with E-state index in [0.717, 1.165) is 6.42 Å². The van der Waals surface area contributed by atoms with Crippen molar-refractivity contribution in [3.8, 4) is 5.75 Å². The maximum atomic E-state index is 12.3. The van der Waals surface area contributed by atoms with Crippen LogP contribution in [0.15, 0.2) is 24.3 Å². The molecule has 0 aliphatic heterocycles. The van der Waals surface area contributed by atoms with Crippen molar-refractivity contribution in [1.29, 1.82) is 0 Å². The smallest absolute Gasteiger partial charge is 0.261 e. The van der Waals surface area contributed by atoms with Gasteiger partial charge in [0.1, 0.15) is 5.75 Å². The van der Waals surface area contributed by atoms with Crippen LogP contribution in [0.4, 0.5) is 0 Å². The fourth-order valence-electron chi connectivity index (χ4n) is 2.60. The van der Waals surface area contributed by atoms with Crippen molar-refractivity contribution in [3.05, 3.63) is 29.3 Å². The summed E-state index contributed by atoms with van der Waals surface area (Å²) < 4.78 is 5.64. The Bertz CT molecular complexity index is 492. The molecule has 0 aliphatic carbocycles. The van der Waals surface area contributed by atoms with Gasteiger partial charge in [-0.3, -0.25) is 4.79 Å². The van der Waals surface area contributed by atoms with E-state index in [4.69, 9.17) is 16.3 Å². The van der Waals surface area contributed by atoms with E-state index in [1.54, 1.807) is 31.2 Å². The molecule has 1 atom stereocenters. The van der Waals surface area contributed by atoms with E-state index in [0.29, 0.717) is 10.8 Å². The number of carbonyl (C=O) groups is 1. The summed E-state index contributed by atoms with van der Waals surface area (Å²) in [7, 11) is 0. The topological polar surface area (TPSA) is 38.3 Å². The van der Waals surface area contributed by atoms with Crippen molar-refractivity contribution in [1.82, 2.24) is 5.32 Å². The summed E-state index contributed by atoms with van der Waals surface area (Å²) in [6.07, 6.45) is 0.318. The number of carbonyl (C=O) groups excluding carboxylic acids is 1. The van der Waals surface area contributed by atoms with Gasteiger partial charge in [0.25, 0.3) is 5.91 Å². The van der Waals surface area contributed by atoms with Gasteiger partial charge in [-0.25, -0.2) is 0 Å². The molecule has 0 aliphatic rings. The standard InChI is InChI=1S/C17H26ClNO2/c1-12(21-14-9-7-8-13(18)10-14)15(20)19-17(5,6)11-16(2,3)4/h7-10,12H,11H2,1-6H3,(H,19,20). The second kappa shape index (κ2) is 6.69. The number of ether oxygens (including phenoxy) is 1. The minimum Gasteiger partial charge on any atom is -0.481 e. The lowest BCUT2D eigenvalue weighted by Crippen LogP contribution is -2.50. The fourth-order valence-corrected chi connectivity index (χ4v) is 2.78. The third-order valence-corrected chi connectivity index (χ3v) is 3.15. The van der Waals surface area contributed by atoms with Crippen LogP contribution in [-0.2, 0) is 4.79 Å². The van der Waals surface area contributed by atoms with Crippen LogP contribution in [0.5, 0.6) is 5.75 Å². The number of nitrogens with one attached hydrogen (secondary N) is 1. The van der Waals surface area contributed by atoms with E-state index in [1.807, 2.05) is 13.8 Å². The molecule has 0 spiro atoms. The molecule has 0 heterocycles. The van der Waals surface area contributed by atoms with Gasteiger partial charge in [-0.2, -0.15) is 0 Å². The van der Waals surface area contributed by atoms with Gasteiger partial charge in [0.05, 0.1) is 0 Å². The predicted molar refractivity (Wildman–Crippen MR) is 87.8 cm³/mol. The van der Waals surface area contributed by atoms with Gasteiger partial charge in [-0.05, 0) is 50.8 Å². The Morgan fingerprint density at radius 2 is 1.90 bits per heavy atom. The molecule has 3 nitrogen and oxygen atoms in total. The van der Waals surface area contributed by atoms with E-state index in [1.165, 1.54) is 0 Å². The molecule has 4 heteroatoms. The van der Waals surface area contributed by atoms with Crippen LogP contribution < -0.4 is 10.1 Å². The minimum atomic E-state index is -0.567. The van der Waals surface area contributed by atoms with Gasteiger partial charge in [0, 0.05) is 10.6 Å². The summed E-state index contributed by atoms with van der Waals surface area (Å²) >= 11 is 5.91. The molecule has 0 saturated heterocycles. The van der Waals surface area contributed by atoms with Crippen LogP contribution in [0.25, 0.3) is 0 Å². The molecule has 1 rings (SSSR count). The van der Waals surface area contributed by atoms with Crippen LogP contribution in [-0.4, -0.2) is 17.6 Å². The molecule has 1 unspecified atom stereocenters. The highest BCUT2D eigenvalue weighted by Crippen LogP contribution is 2.27. The Balaban J connectivity index is 2.62. The first-order chi connectivity index (χ1) is 9.48. The van der Waals surface area contributed by atoms with Gasteiger partial charge >= 0.3 is 0 Å². The lowest BCUT2D eigenvalue weighted by atomic mass is 9.81. The summed E-state index contributed by atoms with van der Waals surface area (Å²) in [5.74, 6) is 0.475. The van der Waals surface area contributed by atoms with Gasteiger partial charge in [0.2, 0.25) is 0 Å². The molecule has 0 fully saturated rings. The van der Waals surface area contributed by atoms with Crippen molar-refractivity contribution in [2.45, 2.75) is 59.6 Å². The quantitative estimate of drug-likeness (QED) is 0.873. The average molecular weight is 312 g/mol. The summed E-state index contributed by atoms with van der Waals surface area (Å²) in [6.45, 7) is 12.3. The lowest BCUT2D eigenvalue weighted by Gasteiger charge is -2.34. The summed E-state index contributed by atoms with van der Waals surface area (Å²) in [5.41, 5.74) is -0.130. The van der Waals surface area contributed by atoms with E-state index < -0.39 is 6.10 Å². The predicted octanol–water partition coefficient (Wildman–Crippen LogP) is 4.44. The highest BCUT2D eigenvalue weighted by molar-refractivity contribution is 6.30. The van der Waals surface area contributed by atoms with Crippen molar-refractivity contribution in [2.75, 3.05) is 0 Å². The zero-order valence-corrected chi connectivity index (χ0v) is 14.5. The highest BCUT2D eigenvalue weighted by atomic mass is 35.5. The van der Waals surface area contributed by atoms with Crippen molar-refractivity contribution >= 4 is 17.5 Å². The number of rotatable bonds is 5. The molecule has 1 aromatic rings. The third kappa shape index (κ3) is 6.85. The van der Waals surface area contributed by atoms with Crippen LogP contribution in [0.2, 0.25) is 5.02 Å². The van der Waals surface area contributed by atoms with Crippen LogP contribution in [0, 0.1) is 5.41 Å². The first-order valence-corrected chi connectivity index (χ1v) is 7.61. The molecule has 1 N–H and O–H groups in total. The molecule has 118 valence electrons. The fraction of sp³-hybridized carbons (Fsp3) is 0.588. The van der Waals surface area contributed by atoms with E-state index in [9.17, 15) is 4.79 Å². The molecule has 0 saturated carbocycles. The third-order valence-electron chi connectivity index (χ3n) is 2.91. The molecule has 0 aromatic heterocycles. The maximum Gasteiger partial charge on any atom is 0.261 e. The van der Waals surface area contributed by atoms with Crippen LogP contribution in [0.3, 0.4) is 0 Å². The maximum absolute atomic E-state index is 12.3. The number of halogens is 1. The second-order valence-electron chi connectivity index (χ2n) is 7.33.